The van der Waals surface area contributed by atoms with Gasteiger partial charge in [-0.25, -0.2) is 10.4 Å². The molecule has 4 rings (SSSR count). The highest BCUT2D eigenvalue weighted by molar-refractivity contribution is 14.0. The third kappa shape index (κ3) is 7.74. The zero-order chi connectivity index (χ0) is 22.2. The second-order valence-electron chi connectivity index (χ2n) is 7.20. The lowest BCUT2D eigenvalue weighted by molar-refractivity contribution is 0.750. The fourth-order valence-electron chi connectivity index (χ4n) is 3.14. The van der Waals surface area contributed by atoms with Crippen molar-refractivity contribution in [2.75, 3.05) is 6.54 Å². The van der Waals surface area contributed by atoms with Gasteiger partial charge in [-0.05, 0) is 53.1 Å². The molecule has 1 unspecified atom stereocenters. The molecule has 0 radical (unpaired) electrons. The van der Waals surface area contributed by atoms with Crippen molar-refractivity contribution in [3.05, 3.63) is 118 Å². The molecule has 0 aromatic heterocycles. The summed E-state index contributed by atoms with van der Waals surface area (Å²) >= 11 is 12.0. The van der Waals surface area contributed by atoms with Crippen LogP contribution in [0.1, 0.15) is 22.7 Å². The average molecular weight is 589 g/mol. The fourth-order valence-corrected chi connectivity index (χ4v) is 3.39. The first-order chi connectivity index (χ1) is 15.7. The van der Waals surface area contributed by atoms with Crippen LogP contribution >= 0.6 is 47.2 Å². The van der Waals surface area contributed by atoms with Gasteiger partial charge in [-0.3, -0.25) is 0 Å². The monoisotopic (exact) mass is 588 g/mol. The molecule has 1 atom stereocenters. The van der Waals surface area contributed by atoms with Gasteiger partial charge in [-0.15, -0.1) is 24.0 Å². The summed E-state index contributed by atoms with van der Waals surface area (Å²) in [5.41, 5.74) is 7.03. The molecule has 0 saturated carbocycles. The maximum Gasteiger partial charge on any atom is 0.212 e. The Morgan fingerprint density at radius 2 is 1.39 bits per heavy atom. The summed E-state index contributed by atoms with van der Waals surface area (Å²) in [6.45, 7) is 0.735. The van der Waals surface area contributed by atoms with Crippen molar-refractivity contribution >= 4 is 71.0 Å². The SMILES string of the molecule is Clc1ccc(C=CC(C=Cc2ccc(Cl)cc2)=NNC2=NC(c3ccccc3)CN2)cc1.I. The molecule has 1 aliphatic rings. The zero-order valence-electron chi connectivity index (χ0n) is 17.7. The van der Waals surface area contributed by atoms with E-state index in [1.54, 1.807) is 0 Å². The van der Waals surface area contributed by atoms with Gasteiger partial charge >= 0.3 is 0 Å². The van der Waals surface area contributed by atoms with E-state index in [0.717, 1.165) is 23.4 Å². The van der Waals surface area contributed by atoms with E-state index in [4.69, 9.17) is 28.2 Å². The molecule has 0 fully saturated rings. The van der Waals surface area contributed by atoms with Gasteiger partial charge in [0, 0.05) is 16.6 Å². The molecule has 0 aliphatic carbocycles. The van der Waals surface area contributed by atoms with E-state index in [1.807, 2.05) is 91.0 Å². The van der Waals surface area contributed by atoms with E-state index in [-0.39, 0.29) is 30.0 Å². The van der Waals surface area contributed by atoms with Crippen LogP contribution in [0.25, 0.3) is 12.2 Å². The van der Waals surface area contributed by atoms with Crippen LogP contribution in [0.2, 0.25) is 10.0 Å². The van der Waals surface area contributed by atoms with E-state index in [0.29, 0.717) is 16.0 Å². The third-order valence-electron chi connectivity index (χ3n) is 4.86. The Morgan fingerprint density at radius 1 is 0.848 bits per heavy atom. The van der Waals surface area contributed by atoms with Crippen LogP contribution in [-0.2, 0) is 0 Å². The minimum atomic E-state index is 0. The van der Waals surface area contributed by atoms with Crippen LogP contribution in [0.3, 0.4) is 0 Å². The Kier molecular flexibility index (Phi) is 9.54. The Bertz CT molecular complexity index is 1100. The Morgan fingerprint density at radius 3 is 1.94 bits per heavy atom. The van der Waals surface area contributed by atoms with Crippen molar-refractivity contribution in [2.24, 2.45) is 10.1 Å². The first kappa shape index (κ1) is 25.0. The fraction of sp³-hybridized carbons (Fsp3) is 0.0769. The standard InChI is InChI=1S/C26H22Cl2N4.HI/c27-22-12-6-19(7-13-22)10-16-24(17-11-20-8-14-23(28)15-9-20)31-32-26-29-18-25(30-26)21-4-2-1-3-5-21;/h1-17,25H,18H2,(H2,29,30,32);1H. The van der Waals surface area contributed by atoms with Crippen molar-refractivity contribution in [3.8, 4) is 0 Å². The minimum absolute atomic E-state index is 0. The summed E-state index contributed by atoms with van der Waals surface area (Å²) in [4.78, 5) is 4.70. The van der Waals surface area contributed by atoms with E-state index >= 15 is 0 Å². The van der Waals surface area contributed by atoms with Crippen molar-refractivity contribution in [2.45, 2.75) is 6.04 Å². The van der Waals surface area contributed by atoms with Gasteiger partial charge < -0.3 is 5.32 Å². The number of benzene rings is 3. The number of rotatable bonds is 6. The predicted molar refractivity (Wildman–Crippen MR) is 152 cm³/mol. The largest absolute Gasteiger partial charge is 0.352 e. The van der Waals surface area contributed by atoms with Gasteiger partial charge in [-0.1, -0.05) is 90.0 Å². The highest BCUT2D eigenvalue weighted by atomic mass is 127. The lowest BCUT2D eigenvalue weighted by atomic mass is 10.1. The molecule has 168 valence electrons. The number of halogens is 3. The molecular weight excluding hydrogens is 566 g/mol. The quantitative estimate of drug-likeness (QED) is 0.185. The van der Waals surface area contributed by atoms with Crippen LogP contribution in [0.15, 0.2) is 101 Å². The van der Waals surface area contributed by atoms with Crippen molar-refractivity contribution in [3.63, 3.8) is 0 Å². The summed E-state index contributed by atoms with van der Waals surface area (Å²) in [6, 6.07) is 25.6. The van der Waals surface area contributed by atoms with E-state index in [9.17, 15) is 0 Å². The van der Waals surface area contributed by atoms with E-state index in [2.05, 4.69) is 28.0 Å². The number of hydrogen-bond acceptors (Lipinski definition) is 4. The second kappa shape index (κ2) is 12.6. The first-order valence-corrected chi connectivity index (χ1v) is 11.0. The highest BCUT2D eigenvalue weighted by Gasteiger charge is 2.17. The molecule has 3 aromatic rings. The number of hydrazone groups is 1. The number of aliphatic imine (C=N–C) groups is 1. The number of guanidine groups is 1. The van der Waals surface area contributed by atoms with E-state index < -0.39 is 0 Å². The molecule has 1 heterocycles. The van der Waals surface area contributed by atoms with Crippen LogP contribution in [0.4, 0.5) is 0 Å². The van der Waals surface area contributed by atoms with Crippen LogP contribution in [-0.4, -0.2) is 18.2 Å². The maximum absolute atomic E-state index is 5.98. The molecule has 0 amide bonds. The molecule has 1 aliphatic heterocycles. The summed E-state index contributed by atoms with van der Waals surface area (Å²) in [6.07, 6.45) is 7.85. The molecule has 3 aromatic carbocycles. The Hall–Kier alpha value is -2.61. The van der Waals surface area contributed by atoms with E-state index in [1.165, 1.54) is 5.56 Å². The molecule has 0 bridgehead atoms. The lowest BCUT2D eigenvalue weighted by Crippen LogP contribution is -2.30. The highest BCUT2D eigenvalue weighted by Crippen LogP contribution is 2.19. The number of nitrogens with zero attached hydrogens (tertiary/aromatic N) is 2. The number of nitrogens with one attached hydrogen (secondary N) is 2. The van der Waals surface area contributed by atoms with Crippen molar-refractivity contribution < 1.29 is 0 Å². The first-order valence-electron chi connectivity index (χ1n) is 10.2. The normalized spacial score (nSPS) is 15.1. The molecule has 0 saturated heterocycles. The van der Waals surface area contributed by atoms with Gasteiger partial charge in [0.2, 0.25) is 5.96 Å². The molecular formula is C26H23Cl2IN4. The van der Waals surface area contributed by atoms with Crippen LogP contribution in [0.5, 0.6) is 0 Å². The summed E-state index contributed by atoms with van der Waals surface area (Å²) in [5, 5.41) is 9.24. The summed E-state index contributed by atoms with van der Waals surface area (Å²) in [7, 11) is 0. The second-order valence-corrected chi connectivity index (χ2v) is 8.08. The smallest absolute Gasteiger partial charge is 0.212 e. The zero-order valence-corrected chi connectivity index (χ0v) is 21.5. The molecule has 33 heavy (non-hydrogen) atoms. The lowest BCUT2D eigenvalue weighted by Gasteiger charge is -2.04. The molecule has 2 N–H and O–H groups in total. The van der Waals surface area contributed by atoms with Gasteiger partial charge in [0.1, 0.15) is 0 Å². The van der Waals surface area contributed by atoms with Gasteiger partial charge in [-0.2, -0.15) is 5.10 Å². The predicted octanol–water partition coefficient (Wildman–Crippen LogP) is 6.98. The molecule has 7 heteroatoms. The number of hydrogen-bond donors (Lipinski definition) is 2. The topological polar surface area (TPSA) is 48.8 Å². The van der Waals surface area contributed by atoms with Crippen LogP contribution in [0, 0.1) is 0 Å². The van der Waals surface area contributed by atoms with Crippen LogP contribution < -0.4 is 10.7 Å². The minimum Gasteiger partial charge on any atom is -0.352 e. The molecule has 4 nitrogen and oxygen atoms in total. The van der Waals surface area contributed by atoms with Gasteiger partial charge in [0.05, 0.1) is 11.8 Å². The van der Waals surface area contributed by atoms with Crippen molar-refractivity contribution in [1.82, 2.24) is 10.7 Å². The third-order valence-corrected chi connectivity index (χ3v) is 5.36. The van der Waals surface area contributed by atoms with Crippen molar-refractivity contribution in [1.29, 1.82) is 0 Å². The maximum atomic E-state index is 5.98. The Balaban J connectivity index is 0.00000306. The Labute approximate surface area is 221 Å². The average Bonchev–Trinajstić information content (AvgIpc) is 3.30. The number of allylic oxidation sites excluding steroid dienone is 2. The summed E-state index contributed by atoms with van der Waals surface area (Å²) in [5.74, 6) is 0.649. The summed E-state index contributed by atoms with van der Waals surface area (Å²) < 4.78 is 0. The van der Waals surface area contributed by atoms with Gasteiger partial charge in [0.25, 0.3) is 0 Å². The van der Waals surface area contributed by atoms with Gasteiger partial charge in [0.15, 0.2) is 0 Å². The molecule has 0 spiro atoms.